The Morgan fingerprint density at radius 1 is 1.13 bits per heavy atom. The van der Waals surface area contributed by atoms with Crippen molar-refractivity contribution >= 4 is 22.9 Å². The third kappa shape index (κ3) is 4.20. The number of para-hydroxylation sites is 1. The van der Waals surface area contributed by atoms with Gasteiger partial charge in [-0.2, -0.15) is 4.68 Å². The number of hydrogen-bond acceptors (Lipinski definition) is 4. The van der Waals surface area contributed by atoms with Crippen molar-refractivity contribution in [1.29, 1.82) is 0 Å². The minimum absolute atomic E-state index is 0.0927. The Balaban J connectivity index is 1.62. The molecule has 6 nitrogen and oxygen atoms in total. The van der Waals surface area contributed by atoms with E-state index in [4.69, 9.17) is 0 Å². The minimum Gasteiger partial charge on any atom is -0.319 e. The van der Waals surface area contributed by atoms with Gasteiger partial charge in [0, 0.05) is 17.7 Å². The predicted molar refractivity (Wildman–Crippen MR) is 120 cm³/mol. The predicted octanol–water partition coefficient (Wildman–Crippen LogP) is 4.53. The van der Waals surface area contributed by atoms with Gasteiger partial charge in [0.05, 0.1) is 11.4 Å². The van der Waals surface area contributed by atoms with Crippen molar-refractivity contribution in [2.75, 3.05) is 5.32 Å². The summed E-state index contributed by atoms with van der Waals surface area (Å²) in [6.45, 7) is 5.54. The molecule has 0 atom stereocenters. The van der Waals surface area contributed by atoms with Crippen molar-refractivity contribution in [2.45, 2.75) is 27.2 Å². The van der Waals surface area contributed by atoms with Crippen LogP contribution in [0.5, 0.6) is 0 Å². The van der Waals surface area contributed by atoms with E-state index in [-0.39, 0.29) is 11.2 Å². The fraction of sp³-hybridized carbons (Fsp3) is 0.174. The second-order valence-electron chi connectivity index (χ2n) is 7.36. The summed E-state index contributed by atoms with van der Waals surface area (Å²) in [5.74, 6) is -0.988. The lowest BCUT2D eigenvalue weighted by atomic mass is 10.0. The lowest BCUT2D eigenvalue weighted by molar-refractivity contribution is 0.102. The Morgan fingerprint density at radius 2 is 1.84 bits per heavy atom. The number of hydrogen-bond donors (Lipinski definition) is 2. The SMILES string of the molecule is Cc1ccc(Cc2c(C)[nH]n(-c3nc(C)c(C(=O)Nc4ccccc4F)s3)c2=O)cc1. The van der Waals surface area contributed by atoms with E-state index in [1.54, 1.807) is 19.1 Å². The van der Waals surface area contributed by atoms with E-state index in [0.29, 0.717) is 27.7 Å². The molecular weight excluding hydrogens is 415 g/mol. The molecule has 0 radical (unpaired) electrons. The normalized spacial score (nSPS) is 11.0. The van der Waals surface area contributed by atoms with E-state index in [2.05, 4.69) is 15.4 Å². The average Bonchev–Trinajstić information content (AvgIpc) is 3.26. The van der Waals surface area contributed by atoms with Crippen LogP contribution in [0.25, 0.3) is 5.13 Å². The molecule has 0 aliphatic rings. The molecule has 4 aromatic rings. The molecule has 2 N–H and O–H groups in total. The minimum atomic E-state index is -0.518. The summed E-state index contributed by atoms with van der Waals surface area (Å²) in [6.07, 6.45) is 0.499. The number of H-pyrrole nitrogens is 1. The lowest BCUT2D eigenvalue weighted by Crippen LogP contribution is -2.17. The maximum Gasteiger partial charge on any atom is 0.277 e. The van der Waals surface area contributed by atoms with Gasteiger partial charge in [-0.25, -0.2) is 9.37 Å². The lowest BCUT2D eigenvalue weighted by Gasteiger charge is -2.04. The van der Waals surface area contributed by atoms with Crippen LogP contribution in [0, 0.1) is 26.6 Å². The first-order valence-electron chi connectivity index (χ1n) is 9.73. The molecule has 0 spiro atoms. The number of halogens is 1. The second kappa shape index (κ2) is 8.31. The van der Waals surface area contributed by atoms with Crippen molar-refractivity contribution in [3.05, 3.63) is 97.7 Å². The monoisotopic (exact) mass is 436 g/mol. The van der Waals surface area contributed by atoms with E-state index in [1.807, 2.05) is 38.1 Å². The molecule has 0 unspecified atom stereocenters. The number of aryl methyl sites for hydroxylation is 3. The van der Waals surface area contributed by atoms with Crippen molar-refractivity contribution in [2.24, 2.45) is 0 Å². The Morgan fingerprint density at radius 3 is 2.55 bits per heavy atom. The van der Waals surface area contributed by atoms with Gasteiger partial charge in [0.15, 0.2) is 0 Å². The quantitative estimate of drug-likeness (QED) is 0.482. The van der Waals surface area contributed by atoms with Gasteiger partial charge in [-0.1, -0.05) is 53.3 Å². The molecule has 0 aliphatic heterocycles. The third-order valence-corrected chi connectivity index (χ3v) is 6.14. The van der Waals surface area contributed by atoms with Crippen molar-refractivity contribution in [1.82, 2.24) is 14.8 Å². The maximum absolute atomic E-state index is 13.9. The number of aromatic amines is 1. The van der Waals surface area contributed by atoms with Crippen LogP contribution in [0.1, 0.15) is 37.7 Å². The molecule has 158 valence electrons. The maximum atomic E-state index is 13.9. The first-order valence-corrected chi connectivity index (χ1v) is 10.5. The van der Waals surface area contributed by atoms with Gasteiger partial charge in [-0.15, -0.1) is 0 Å². The summed E-state index contributed by atoms with van der Waals surface area (Å²) in [5.41, 5.74) is 3.95. The van der Waals surface area contributed by atoms with Crippen molar-refractivity contribution in [3.8, 4) is 5.13 Å². The van der Waals surface area contributed by atoms with Gasteiger partial charge in [0.25, 0.3) is 11.5 Å². The number of carbonyl (C=O) groups excluding carboxylic acids is 1. The Labute approximate surface area is 182 Å². The molecule has 8 heteroatoms. The third-order valence-electron chi connectivity index (χ3n) is 5.00. The van der Waals surface area contributed by atoms with Gasteiger partial charge >= 0.3 is 0 Å². The Kier molecular flexibility index (Phi) is 5.56. The van der Waals surface area contributed by atoms with Gasteiger partial charge in [-0.3, -0.25) is 14.7 Å². The number of carbonyl (C=O) groups is 1. The number of benzene rings is 2. The van der Waals surface area contributed by atoms with Crippen LogP contribution in [0.15, 0.2) is 53.3 Å². The zero-order valence-corrected chi connectivity index (χ0v) is 18.1. The zero-order valence-electron chi connectivity index (χ0n) is 17.3. The summed E-state index contributed by atoms with van der Waals surface area (Å²) < 4.78 is 15.2. The zero-order chi connectivity index (χ0) is 22.1. The molecule has 2 heterocycles. The topological polar surface area (TPSA) is 79.8 Å². The summed E-state index contributed by atoms with van der Waals surface area (Å²) in [4.78, 5) is 30.4. The van der Waals surface area contributed by atoms with Crippen molar-refractivity contribution in [3.63, 3.8) is 0 Å². The highest BCUT2D eigenvalue weighted by Gasteiger charge is 2.20. The number of aromatic nitrogens is 3. The van der Waals surface area contributed by atoms with E-state index in [1.165, 1.54) is 16.8 Å². The van der Waals surface area contributed by atoms with Crippen LogP contribution in [0.2, 0.25) is 0 Å². The van der Waals surface area contributed by atoms with Gasteiger partial charge in [-0.05, 0) is 38.5 Å². The molecule has 4 rings (SSSR count). The number of nitrogens with one attached hydrogen (secondary N) is 2. The summed E-state index contributed by atoms with van der Waals surface area (Å²) in [6, 6.07) is 14.0. The molecule has 31 heavy (non-hydrogen) atoms. The number of amides is 1. The molecular formula is C23H21FN4O2S. The molecule has 2 aromatic carbocycles. The molecule has 0 saturated heterocycles. The van der Waals surface area contributed by atoms with Gasteiger partial charge in [0.1, 0.15) is 10.7 Å². The molecule has 0 bridgehead atoms. The molecule has 0 saturated carbocycles. The van der Waals surface area contributed by atoms with E-state index >= 15 is 0 Å². The van der Waals surface area contributed by atoms with E-state index in [9.17, 15) is 14.0 Å². The largest absolute Gasteiger partial charge is 0.319 e. The number of rotatable bonds is 5. The second-order valence-corrected chi connectivity index (χ2v) is 8.34. The first kappa shape index (κ1) is 20.7. The molecule has 2 aromatic heterocycles. The number of thiazole rings is 1. The summed E-state index contributed by atoms with van der Waals surface area (Å²) in [7, 11) is 0. The summed E-state index contributed by atoms with van der Waals surface area (Å²) in [5, 5.41) is 5.98. The van der Waals surface area contributed by atoms with Crippen molar-refractivity contribution < 1.29 is 9.18 Å². The van der Waals surface area contributed by atoms with Gasteiger partial charge < -0.3 is 5.32 Å². The highest BCUT2D eigenvalue weighted by Crippen LogP contribution is 2.23. The number of anilines is 1. The molecule has 1 amide bonds. The van der Waals surface area contributed by atoms with Crippen LogP contribution in [0.3, 0.4) is 0 Å². The highest BCUT2D eigenvalue weighted by atomic mass is 32.1. The van der Waals surface area contributed by atoms with Crippen LogP contribution < -0.4 is 10.9 Å². The standard InChI is InChI=1S/C23H21FN4O2S/c1-13-8-10-16(11-9-13)12-17-14(2)27-28(22(17)30)23-25-15(3)20(31-23)21(29)26-19-7-5-4-6-18(19)24/h4-11,27H,12H2,1-3H3,(H,26,29). The molecule has 0 aliphatic carbocycles. The van der Waals surface area contributed by atoms with Crippen LogP contribution >= 0.6 is 11.3 Å². The Hall–Kier alpha value is -3.52. The highest BCUT2D eigenvalue weighted by molar-refractivity contribution is 7.16. The van der Waals surface area contributed by atoms with Gasteiger partial charge in [0.2, 0.25) is 5.13 Å². The fourth-order valence-corrected chi connectivity index (χ4v) is 4.19. The molecule has 0 fully saturated rings. The van der Waals surface area contributed by atoms with Crippen LogP contribution in [-0.2, 0) is 6.42 Å². The smallest absolute Gasteiger partial charge is 0.277 e. The fourth-order valence-electron chi connectivity index (χ4n) is 3.26. The van der Waals surface area contributed by atoms with Crippen LogP contribution in [0.4, 0.5) is 10.1 Å². The van der Waals surface area contributed by atoms with E-state index in [0.717, 1.165) is 28.2 Å². The summed E-state index contributed by atoms with van der Waals surface area (Å²) >= 11 is 1.08. The van der Waals surface area contributed by atoms with E-state index < -0.39 is 11.7 Å². The number of nitrogens with zero attached hydrogens (tertiary/aromatic N) is 2. The van der Waals surface area contributed by atoms with Crippen LogP contribution in [-0.4, -0.2) is 20.7 Å². The average molecular weight is 437 g/mol. The Bertz CT molecular complexity index is 1320. The first-order chi connectivity index (χ1) is 14.8.